The average molecular weight is 289 g/mol. The Morgan fingerprint density at radius 1 is 1.30 bits per heavy atom. The molecule has 1 aliphatic heterocycles. The van der Waals surface area contributed by atoms with E-state index in [2.05, 4.69) is 5.32 Å². The summed E-state index contributed by atoms with van der Waals surface area (Å²) in [6, 6.07) is 10.5. The minimum absolute atomic E-state index is 0.293. The number of fused-ring (bicyclic) bond motifs is 1. The Labute approximate surface area is 119 Å². The Hall–Kier alpha value is -1.85. The van der Waals surface area contributed by atoms with Crippen LogP contribution in [0.2, 0.25) is 0 Å². The number of carbonyl (C=O) groups is 1. The average Bonchev–Trinajstić information content (AvgIpc) is 2.66. The Kier molecular flexibility index (Phi) is 3.23. The second-order valence-electron chi connectivity index (χ2n) is 4.68. The summed E-state index contributed by atoms with van der Waals surface area (Å²) < 4.78 is 14.1. The normalized spacial score (nSPS) is 16.9. The number of halogens is 1. The third-order valence-corrected chi connectivity index (χ3v) is 4.14. The molecule has 102 valence electrons. The van der Waals surface area contributed by atoms with Crippen molar-refractivity contribution >= 4 is 23.4 Å². The molecule has 0 spiro atoms. The third kappa shape index (κ3) is 2.30. The van der Waals surface area contributed by atoms with Crippen LogP contribution in [0.4, 0.5) is 10.1 Å². The van der Waals surface area contributed by atoms with Gasteiger partial charge in [0.25, 0.3) is 5.91 Å². The topological polar surface area (TPSA) is 49.3 Å². The third-order valence-electron chi connectivity index (χ3n) is 3.12. The number of aliphatic hydroxyl groups excluding tert-OH is 1. The molecule has 1 amide bonds. The summed E-state index contributed by atoms with van der Waals surface area (Å²) in [5.74, 6) is -0.956. The predicted octanol–water partition coefficient (Wildman–Crippen LogP) is 3.27. The summed E-state index contributed by atoms with van der Waals surface area (Å²) in [7, 11) is 0. The first-order valence-corrected chi connectivity index (χ1v) is 6.93. The smallest absolute Gasteiger partial charge is 0.257 e. The van der Waals surface area contributed by atoms with Crippen LogP contribution in [0.25, 0.3) is 0 Å². The summed E-state index contributed by atoms with van der Waals surface area (Å²) >= 11 is 1.29. The van der Waals surface area contributed by atoms with Crippen molar-refractivity contribution < 1.29 is 14.3 Å². The van der Waals surface area contributed by atoms with E-state index in [0.29, 0.717) is 16.1 Å². The number of amides is 1. The fourth-order valence-electron chi connectivity index (χ4n) is 2.13. The number of carbonyl (C=O) groups excluding carboxylic acids is 1. The number of aryl methyl sites for hydroxylation is 1. The van der Waals surface area contributed by atoms with Gasteiger partial charge in [-0.2, -0.15) is 0 Å². The Bertz CT molecular complexity index is 702. The summed E-state index contributed by atoms with van der Waals surface area (Å²) in [5, 5.41) is 12.1. The highest BCUT2D eigenvalue weighted by molar-refractivity contribution is 7.99. The molecule has 0 radical (unpaired) electrons. The van der Waals surface area contributed by atoms with Gasteiger partial charge in [0.15, 0.2) is 6.10 Å². The maximum absolute atomic E-state index is 14.1. The first kappa shape index (κ1) is 13.1. The Balaban J connectivity index is 1.96. The van der Waals surface area contributed by atoms with Gasteiger partial charge in [0.2, 0.25) is 0 Å². The van der Waals surface area contributed by atoms with Crippen molar-refractivity contribution in [2.45, 2.75) is 22.8 Å². The van der Waals surface area contributed by atoms with Crippen LogP contribution in [0.3, 0.4) is 0 Å². The molecule has 1 atom stereocenters. The van der Waals surface area contributed by atoms with Gasteiger partial charge in [0.1, 0.15) is 5.82 Å². The monoisotopic (exact) mass is 289 g/mol. The van der Waals surface area contributed by atoms with E-state index < -0.39 is 17.8 Å². The number of hydrogen-bond donors (Lipinski definition) is 2. The number of rotatable bonds is 2. The first-order valence-electron chi connectivity index (χ1n) is 6.11. The van der Waals surface area contributed by atoms with E-state index in [9.17, 15) is 14.3 Å². The van der Waals surface area contributed by atoms with E-state index >= 15 is 0 Å². The van der Waals surface area contributed by atoms with E-state index in [1.54, 1.807) is 6.07 Å². The standard InChI is InChI=1S/C15H12FNO2S/c1-8-3-2-4-9(5-8)20-13-7-12-10(6-11(13)16)14(18)15(19)17-12/h2-7,14,18H,1H3,(H,17,19). The molecule has 0 aliphatic carbocycles. The van der Waals surface area contributed by atoms with Crippen LogP contribution < -0.4 is 5.32 Å². The predicted molar refractivity (Wildman–Crippen MR) is 75.3 cm³/mol. The molecular formula is C15H12FNO2S. The van der Waals surface area contributed by atoms with E-state index in [1.165, 1.54) is 17.8 Å². The van der Waals surface area contributed by atoms with Gasteiger partial charge >= 0.3 is 0 Å². The van der Waals surface area contributed by atoms with Crippen molar-refractivity contribution in [2.75, 3.05) is 5.32 Å². The fraction of sp³-hybridized carbons (Fsp3) is 0.133. The minimum Gasteiger partial charge on any atom is -0.378 e. The molecule has 0 aromatic heterocycles. The number of hydrogen-bond acceptors (Lipinski definition) is 3. The highest BCUT2D eigenvalue weighted by atomic mass is 32.2. The second-order valence-corrected chi connectivity index (χ2v) is 5.80. The van der Waals surface area contributed by atoms with E-state index in [1.807, 2.05) is 31.2 Å². The molecule has 5 heteroatoms. The molecule has 3 nitrogen and oxygen atoms in total. The maximum atomic E-state index is 14.1. The lowest BCUT2D eigenvalue weighted by molar-refractivity contribution is -0.123. The maximum Gasteiger partial charge on any atom is 0.257 e. The highest BCUT2D eigenvalue weighted by Crippen LogP contribution is 2.38. The van der Waals surface area contributed by atoms with Crippen LogP contribution in [-0.2, 0) is 4.79 Å². The number of nitrogens with one attached hydrogen (secondary N) is 1. The molecule has 1 unspecified atom stereocenters. The molecule has 0 saturated carbocycles. The van der Waals surface area contributed by atoms with Crippen molar-refractivity contribution in [1.29, 1.82) is 0 Å². The lowest BCUT2D eigenvalue weighted by Crippen LogP contribution is -2.10. The summed E-state index contributed by atoms with van der Waals surface area (Å²) in [6.45, 7) is 1.97. The zero-order valence-electron chi connectivity index (χ0n) is 10.7. The molecular weight excluding hydrogens is 277 g/mol. The van der Waals surface area contributed by atoms with Crippen LogP contribution in [-0.4, -0.2) is 11.0 Å². The van der Waals surface area contributed by atoms with E-state index in [-0.39, 0.29) is 0 Å². The quantitative estimate of drug-likeness (QED) is 0.892. The molecule has 20 heavy (non-hydrogen) atoms. The summed E-state index contributed by atoms with van der Waals surface area (Å²) in [5.41, 5.74) is 1.86. The van der Waals surface area contributed by atoms with Gasteiger partial charge in [-0.3, -0.25) is 4.79 Å². The molecule has 2 aromatic rings. The number of anilines is 1. The van der Waals surface area contributed by atoms with Gasteiger partial charge in [-0.05, 0) is 31.2 Å². The molecule has 1 heterocycles. The van der Waals surface area contributed by atoms with Crippen molar-refractivity contribution in [1.82, 2.24) is 0 Å². The largest absolute Gasteiger partial charge is 0.378 e. The zero-order chi connectivity index (χ0) is 14.3. The van der Waals surface area contributed by atoms with Gasteiger partial charge < -0.3 is 10.4 Å². The SMILES string of the molecule is Cc1cccc(Sc2cc3c(cc2F)C(O)C(=O)N3)c1. The van der Waals surface area contributed by atoms with Gasteiger partial charge in [0.05, 0.1) is 4.90 Å². The van der Waals surface area contributed by atoms with Gasteiger partial charge in [0, 0.05) is 16.1 Å². The van der Waals surface area contributed by atoms with Crippen LogP contribution in [0, 0.1) is 12.7 Å². The van der Waals surface area contributed by atoms with Crippen LogP contribution in [0.15, 0.2) is 46.2 Å². The van der Waals surface area contributed by atoms with E-state index in [4.69, 9.17) is 0 Å². The number of benzene rings is 2. The molecule has 3 rings (SSSR count). The molecule has 0 bridgehead atoms. The van der Waals surface area contributed by atoms with Gasteiger partial charge in [-0.15, -0.1) is 0 Å². The van der Waals surface area contributed by atoms with Gasteiger partial charge in [-0.25, -0.2) is 4.39 Å². The fourth-order valence-corrected chi connectivity index (χ4v) is 3.11. The molecule has 0 saturated heterocycles. The second kappa shape index (κ2) is 4.92. The first-order chi connectivity index (χ1) is 9.54. The van der Waals surface area contributed by atoms with E-state index in [0.717, 1.165) is 10.5 Å². The van der Waals surface area contributed by atoms with Crippen molar-refractivity contribution in [3.63, 3.8) is 0 Å². The lowest BCUT2D eigenvalue weighted by atomic mass is 10.1. The minimum atomic E-state index is -1.28. The van der Waals surface area contributed by atoms with Crippen molar-refractivity contribution in [2.24, 2.45) is 0 Å². The van der Waals surface area contributed by atoms with Crippen LogP contribution in [0.5, 0.6) is 0 Å². The molecule has 2 aromatic carbocycles. The zero-order valence-corrected chi connectivity index (χ0v) is 11.5. The number of aliphatic hydroxyl groups is 1. The van der Waals surface area contributed by atoms with Crippen LogP contribution in [0.1, 0.15) is 17.2 Å². The summed E-state index contributed by atoms with van der Waals surface area (Å²) in [4.78, 5) is 12.7. The van der Waals surface area contributed by atoms with Crippen molar-refractivity contribution in [3.8, 4) is 0 Å². The molecule has 1 aliphatic rings. The molecule has 0 fully saturated rings. The molecule has 2 N–H and O–H groups in total. The summed E-state index contributed by atoms with van der Waals surface area (Å²) in [6.07, 6.45) is -1.28. The lowest BCUT2D eigenvalue weighted by Gasteiger charge is -2.07. The Morgan fingerprint density at radius 3 is 2.85 bits per heavy atom. The van der Waals surface area contributed by atoms with Crippen LogP contribution >= 0.6 is 11.8 Å². The van der Waals surface area contributed by atoms with Crippen molar-refractivity contribution in [3.05, 3.63) is 53.3 Å². The highest BCUT2D eigenvalue weighted by Gasteiger charge is 2.29. The van der Waals surface area contributed by atoms with Gasteiger partial charge in [-0.1, -0.05) is 29.5 Å². The Morgan fingerprint density at radius 2 is 2.10 bits per heavy atom.